The largest absolute Gasteiger partial charge is 0.460 e. The molecule has 0 spiro atoms. The minimum atomic E-state index is -4.49. The summed E-state index contributed by atoms with van der Waals surface area (Å²) in [7, 11) is 1.50. The number of benzene rings is 3. The average molecular weight is 527 g/mol. The number of rotatable bonds is 9. The first-order valence-electron chi connectivity index (χ1n) is 11.1. The molecule has 0 saturated heterocycles. The number of halogens is 3. The van der Waals surface area contributed by atoms with E-state index in [0.29, 0.717) is 16.9 Å². The Balaban J connectivity index is 1.64. The van der Waals surface area contributed by atoms with Crippen molar-refractivity contribution in [3.8, 4) is 23.1 Å². The Morgan fingerprint density at radius 3 is 2.39 bits per heavy atom. The van der Waals surface area contributed by atoms with Gasteiger partial charge in [0.1, 0.15) is 6.61 Å². The summed E-state index contributed by atoms with van der Waals surface area (Å²) < 4.78 is 51.0. The molecule has 10 nitrogen and oxygen atoms in total. The first-order chi connectivity index (χ1) is 18.2. The van der Waals surface area contributed by atoms with Crippen molar-refractivity contribution in [2.24, 2.45) is 0 Å². The van der Waals surface area contributed by atoms with Crippen molar-refractivity contribution in [1.82, 2.24) is 14.8 Å². The fourth-order valence-corrected chi connectivity index (χ4v) is 3.40. The van der Waals surface area contributed by atoms with E-state index >= 15 is 0 Å². The number of anilines is 1. The molecular formula is C25H20F3N5O5. The van der Waals surface area contributed by atoms with Crippen LogP contribution in [-0.2, 0) is 10.9 Å². The first-order valence-corrected chi connectivity index (χ1v) is 11.1. The standard InChI is InChI=1S/C25H20F3N5O5/c1-37-13-14-38-24-30-22(16-5-9-18(10-6-16)25(26,27)28)32(31-24)21-4-2-3-19(15-21)29-23(34)17-7-11-20(12-8-17)33(35)36/h2-12,15H,13-14H2,1H3,(H,29,34). The zero-order valence-corrected chi connectivity index (χ0v) is 19.8. The Kier molecular flexibility index (Phi) is 7.67. The highest BCUT2D eigenvalue weighted by molar-refractivity contribution is 6.04. The van der Waals surface area contributed by atoms with Crippen LogP contribution in [0.5, 0.6) is 6.01 Å². The van der Waals surface area contributed by atoms with Gasteiger partial charge in [0.2, 0.25) is 0 Å². The molecule has 0 atom stereocenters. The summed E-state index contributed by atoms with van der Waals surface area (Å²) in [4.78, 5) is 27.3. The lowest BCUT2D eigenvalue weighted by Gasteiger charge is -2.10. The Morgan fingerprint density at radius 2 is 1.76 bits per heavy atom. The van der Waals surface area contributed by atoms with Gasteiger partial charge >= 0.3 is 12.2 Å². The Labute approximate surface area is 213 Å². The molecule has 1 N–H and O–H groups in total. The highest BCUT2D eigenvalue weighted by atomic mass is 19.4. The van der Waals surface area contributed by atoms with E-state index in [9.17, 15) is 28.1 Å². The van der Waals surface area contributed by atoms with E-state index in [1.165, 1.54) is 48.2 Å². The molecule has 0 unspecified atom stereocenters. The van der Waals surface area contributed by atoms with Crippen LogP contribution in [0.25, 0.3) is 17.1 Å². The molecule has 4 rings (SSSR count). The maximum atomic E-state index is 13.0. The average Bonchev–Trinajstić information content (AvgIpc) is 3.33. The van der Waals surface area contributed by atoms with Crippen molar-refractivity contribution in [1.29, 1.82) is 0 Å². The molecule has 4 aromatic rings. The van der Waals surface area contributed by atoms with Crippen LogP contribution in [0.1, 0.15) is 15.9 Å². The minimum absolute atomic E-state index is 0.0164. The van der Waals surface area contributed by atoms with Crippen molar-refractivity contribution in [3.63, 3.8) is 0 Å². The van der Waals surface area contributed by atoms with E-state index < -0.39 is 22.6 Å². The number of hydrogen-bond donors (Lipinski definition) is 1. The van der Waals surface area contributed by atoms with Gasteiger partial charge < -0.3 is 14.8 Å². The molecule has 0 bridgehead atoms. The molecule has 13 heteroatoms. The van der Waals surface area contributed by atoms with E-state index in [0.717, 1.165) is 12.1 Å². The third kappa shape index (κ3) is 6.13. The Bertz CT molecular complexity index is 1440. The number of nitrogens with zero attached hydrogens (tertiary/aromatic N) is 4. The summed E-state index contributed by atoms with van der Waals surface area (Å²) >= 11 is 0. The molecular weight excluding hydrogens is 507 g/mol. The SMILES string of the molecule is COCCOc1nc(-c2ccc(C(F)(F)F)cc2)n(-c2cccc(NC(=O)c3ccc([N+](=O)[O-])cc3)c2)n1. The quantitative estimate of drug-likeness (QED) is 0.182. The topological polar surface area (TPSA) is 121 Å². The molecule has 3 aromatic carbocycles. The number of carbonyl (C=O) groups excluding carboxylic acids is 1. The summed E-state index contributed by atoms with van der Waals surface area (Å²) in [5.41, 5.74) is 0.430. The molecule has 0 fully saturated rings. The number of nitro groups is 1. The van der Waals surface area contributed by atoms with Gasteiger partial charge in [-0.15, -0.1) is 5.10 Å². The molecule has 0 aliphatic heterocycles. The molecule has 1 amide bonds. The van der Waals surface area contributed by atoms with Gasteiger partial charge in [0, 0.05) is 36.1 Å². The van der Waals surface area contributed by atoms with Crippen molar-refractivity contribution >= 4 is 17.3 Å². The van der Waals surface area contributed by atoms with Crippen LogP contribution in [0.15, 0.2) is 72.8 Å². The predicted molar refractivity (Wildman–Crippen MR) is 130 cm³/mol. The van der Waals surface area contributed by atoms with Gasteiger partial charge in [-0.3, -0.25) is 14.9 Å². The van der Waals surface area contributed by atoms with Crippen molar-refractivity contribution < 1.29 is 32.4 Å². The zero-order chi connectivity index (χ0) is 27.3. The van der Waals surface area contributed by atoms with E-state index in [1.54, 1.807) is 24.3 Å². The third-order valence-corrected chi connectivity index (χ3v) is 5.27. The van der Waals surface area contributed by atoms with Gasteiger partial charge in [0.05, 0.1) is 22.8 Å². The summed E-state index contributed by atoms with van der Waals surface area (Å²) in [6, 6.07) is 16.1. The second-order valence-corrected chi connectivity index (χ2v) is 7.85. The second-order valence-electron chi connectivity index (χ2n) is 7.85. The van der Waals surface area contributed by atoms with Crippen LogP contribution in [-0.4, -0.2) is 45.9 Å². The first kappa shape index (κ1) is 26.3. The van der Waals surface area contributed by atoms with Gasteiger partial charge in [-0.2, -0.15) is 18.2 Å². The molecule has 0 aliphatic carbocycles. The maximum absolute atomic E-state index is 13.0. The highest BCUT2D eigenvalue weighted by Gasteiger charge is 2.30. The number of nitrogens with one attached hydrogen (secondary N) is 1. The molecule has 0 aliphatic rings. The predicted octanol–water partition coefficient (Wildman–Crippen LogP) is 5.14. The smallest absolute Gasteiger partial charge is 0.416 e. The lowest BCUT2D eigenvalue weighted by atomic mass is 10.1. The van der Waals surface area contributed by atoms with Crippen LogP contribution in [0.2, 0.25) is 0 Å². The molecule has 38 heavy (non-hydrogen) atoms. The van der Waals surface area contributed by atoms with E-state index in [2.05, 4.69) is 15.4 Å². The van der Waals surface area contributed by atoms with E-state index in [1.807, 2.05) is 0 Å². The number of carbonyl (C=O) groups is 1. The molecule has 1 heterocycles. The van der Waals surface area contributed by atoms with Crippen LogP contribution < -0.4 is 10.1 Å². The van der Waals surface area contributed by atoms with Crippen LogP contribution in [0.4, 0.5) is 24.5 Å². The van der Waals surface area contributed by atoms with Crippen LogP contribution >= 0.6 is 0 Å². The maximum Gasteiger partial charge on any atom is 0.416 e. The summed E-state index contributed by atoms with van der Waals surface area (Å²) in [5, 5.41) is 17.9. The Hall–Kier alpha value is -4.78. The van der Waals surface area contributed by atoms with E-state index in [4.69, 9.17) is 9.47 Å². The lowest BCUT2D eigenvalue weighted by molar-refractivity contribution is -0.384. The van der Waals surface area contributed by atoms with Gasteiger partial charge in [-0.25, -0.2) is 4.68 Å². The minimum Gasteiger partial charge on any atom is -0.460 e. The van der Waals surface area contributed by atoms with E-state index in [-0.39, 0.29) is 36.3 Å². The van der Waals surface area contributed by atoms with Gasteiger partial charge in [0.15, 0.2) is 5.82 Å². The summed E-state index contributed by atoms with van der Waals surface area (Å²) in [6.45, 7) is 0.423. The van der Waals surface area contributed by atoms with Gasteiger partial charge in [-0.1, -0.05) is 18.2 Å². The van der Waals surface area contributed by atoms with Crippen molar-refractivity contribution in [3.05, 3.63) is 94.0 Å². The summed E-state index contributed by atoms with van der Waals surface area (Å²) in [6.07, 6.45) is -4.49. The molecule has 0 radical (unpaired) electrons. The number of ether oxygens (including phenoxy) is 2. The van der Waals surface area contributed by atoms with Gasteiger partial charge in [-0.05, 0) is 42.5 Å². The lowest BCUT2D eigenvalue weighted by Crippen LogP contribution is -2.12. The fraction of sp³-hybridized carbons (Fsp3) is 0.160. The van der Waals surface area contributed by atoms with Crippen LogP contribution in [0.3, 0.4) is 0 Å². The summed E-state index contributed by atoms with van der Waals surface area (Å²) in [5.74, 6) is -0.285. The zero-order valence-electron chi connectivity index (χ0n) is 19.8. The number of hydrogen-bond acceptors (Lipinski definition) is 7. The number of amides is 1. The number of alkyl halides is 3. The van der Waals surface area contributed by atoms with Gasteiger partial charge in [0.25, 0.3) is 11.6 Å². The second kappa shape index (κ2) is 11.1. The monoisotopic (exact) mass is 527 g/mol. The van der Waals surface area contributed by atoms with Crippen molar-refractivity contribution in [2.45, 2.75) is 6.18 Å². The fourth-order valence-electron chi connectivity index (χ4n) is 3.40. The third-order valence-electron chi connectivity index (χ3n) is 5.27. The highest BCUT2D eigenvalue weighted by Crippen LogP contribution is 2.32. The molecule has 0 saturated carbocycles. The number of methoxy groups -OCH3 is 1. The van der Waals surface area contributed by atoms with Crippen molar-refractivity contribution in [2.75, 3.05) is 25.6 Å². The Morgan fingerprint density at radius 1 is 1.05 bits per heavy atom. The number of non-ortho nitro benzene ring substituents is 1. The normalized spacial score (nSPS) is 11.3. The van der Waals surface area contributed by atoms with Crippen LogP contribution in [0, 0.1) is 10.1 Å². The number of aromatic nitrogens is 3. The molecule has 1 aromatic heterocycles. The molecule has 196 valence electrons. The number of nitro benzene ring substituents is 1.